The van der Waals surface area contributed by atoms with Gasteiger partial charge in [0.1, 0.15) is 0 Å². The predicted octanol–water partition coefficient (Wildman–Crippen LogP) is 1.43. The second-order valence-electron chi connectivity index (χ2n) is 2.11. The fourth-order valence-electron chi connectivity index (χ4n) is 0.822. The third-order valence-corrected chi connectivity index (χ3v) is 1.71. The molecular formula is C8H10N2OS. The number of nitrogens with one attached hydrogen (secondary N) is 1. The lowest BCUT2D eigenvalue weighted by Gasteiger charge is -2.15. The maximum Gasteiger partial charge on any atom is 0.229 e. The van der Waals surface area contributed by atoms with Crippen LogP contribution in [0.4, 0.5) is 5.69 Å². The van der Waals surface area contributed by atoms with Gasteiger partial charge in [-0.2, -0.15) is 4.83 Å². The van der Waals surface area contributed by atoms with E-state index in [-0.39, 0.29) is 0 Å². The van der Waals surface area contributed by atoms with Crippen molar-refractivity contribution in [1.29, 1.82) is 0 Å². The minimum Gasteiger partial charge on any atom is -0.277 e. The predicted molar refractivity (Wildman–Crippen MR) is 51.6 cm³/mol. The van der Waals surface area contributed by atoms with Crippen molar-refractivity contribution in [3.05, 3.63) is 30.3 Å². The normalized spacial score (nSPS) is 9.42. The molecule has 4 heteroatoms. The van der Waals surface area contributed by atoms with Gasteiger partial charge in [-0.1, -0.05) is 30.1 Å². The number of hydrogen-bond donors (Lipinski definition) is 1. The molecule has 0 atom stereocenters. The summed E-state index contributed by atoms with van der Waals surface area (Å²) in [7, 11) is 0. The van der Waals surface area contributed by atoms with Crippen LogP contribution >= 0.6 is 11.9 Å². The average Bonchev–Trinajstić information content (AvgIpc) is 2.15. The molecule has 1 N–H and O–H groups in total. The minimum atomic E-state index is 0.742. The smallest absolute Gasteiger partial charge is 0.229 e. The zero-order valence-corrected chi connectivity index (χ0v) is 7.54. The number of hydrogen-bond acceptors (Lipinski definition) is 3. The van der Waals surface area contributed by atoms with Crippen LogP contribution < -0.4 is 9.84 Å². The molecule has 0 spiro atoms. The summed E-state index contributed by atoms with van der Waals surface area (Å²) < 4.78 is 0. The van der Waals surface area contributed by atoms with Crippen molar-refractivity contribution in [2.75, 3.05) is 11.3 Å². The van der Waals surface area contributed by atoms with E-state index in [1.165, 1.54) is 17.0 Å². The van der Waals surface area contributed by atoms with Gasteiger partial charge >= 0.3 is 0 Å². The maximum absolute atomic E-state index is 10.5. The second kappa shape index (κ2) is 4.79. The van der Waals surface area contributed by atoms with Crippen molar-refractivity contribution in [2.45, 2.75) is 0 Å². The number of rotatable bonds is 4. The van der Waals surface area contributed by atoms with Gasteiger partial charge in [-0.25, -0.2) is 5.01 Å². The lowest BCUT2D eigenvalue weighted by atomic mass is 10.3. The summed E-state index contributed by atoms with van der Waals surface area (Å²) >= 11 is 1.37. The van der Waals surface area contributed by atoms with E-state index in [2.05, 4.69) is 4.83 Å². The van der Waals surface area contributed by atoms with Gasteiger partial charge in [0.25, 0.3) is 0 Å². The molecule has 1 amide bonds. The summed E-state index contributed by atoms with van der Waals surface area (Å²) in [6.45, 7) is 0. The van der Waals surface area contributed by atoms with Crippen molar-refractivity contribution in [3.63, 3.8) is 0 Å². The highest BCUT2D eigenvalue weighted by Crippen LogP contribution is 2.09. The van der Waals surface area contributed by atoms with Crippen molar-refractivity contribution < 1.29 is 4.79 Å². The molecule has 0 saturated heterocycles. The van der Waals surface area contributed by atoms with Gasteiger partial charge in [0.15, 0.2) is 0 Å². The molecule has 3 nitrogen and oxygen atoms in total. The molecule has 64 valence electrons. The van der Waals surface area contributed by atoms with E-state index in [4.69, 9.17) is 0 Å². The Morgan fingerprint density at radius 3 is 2.58 bits per heavy atom. The van der Waals surface area contributed by atoms with Crippen molar-refractivity contribution in [2.24, 2.45) is 0 Å². The van der Waals surface area contributed by atoms with Gasteiger partial charge in [-0.05, 0) is 18.4 Å². The Morgan fingerprint density at radius 1 is 1.42 bits per heavy atom. The Hall–Kier alpha value is -1.00. The summed E-state index contributed by atoms with van der Waals surface area (Å²) in [6, 6.07) is 9.39. The zero-order chi connectivity index (χ0) is 8.81. The Balaban J connectivity index is 2.73. The molecule has 0 bridgehead atoms. The third-order valence-electron chi connectivity index (χ3n) is 1.33. The molecule has 0 saturated carbocycles. The number of para-hydroxylation sites is 1. The molecular weight excluding hydrogens is 172 g/mol. The van der Waals surface area contributed by atoms with Crippen LogP contribution in [0.1, 0.15) is 0 Å². The summed E-state index contributed by atoms with van der Waals surface area (Å²) in [4.78, 5) is 13.4. The first-order valence-electron chi connectivity index (χ1n) is 3.46. The summed E-state index contributed by atoms with van der Waals surface area (Å²) in [5.41, 5.74) is 0.835. The molecule has 0 aliphatic heterocycles. The molecule has 1 aromatic carbocycles. The summed E-state index contributed by atoms with van der Waals surface area (Å²) in [5.74, 6) is 0. The molecule has 0 aliphatic carbocycles. The topological polar surface area (TPSA) is 32.3 Å². The average molecular weight is 182 g/mol. The highest BCUT2D eigenvalue weighted by Gasteiger charge is 2.00. The largest absolute Gasteiger partial charge is 0.277 e. The van der Waals surface area contributed by atoms with Gasteiger partial charge < -0.3 is 0 Å². The van der Waals surface area contributed by atoms with Crippen LogP contribution in [0.3, 0.4) is 0 Å². The van der Waals surface area contributed by atoms with Crippen LogP contribution in [0.25, 0.3) is 0 Å². The Bertz CT molecular complexity index is 240. The number of nitrogens with zero attached hydrogens (tertiary/aromatic N) is 1. The number of amides is 1. The van der Waals surface area contributed by atoms with Crippen LogP contribution in [-0.4, -0.2) is 12.7 Å². The number of benzene rings is 1. The van der Waals surface area contributed by atoms with Gasteiger partial charge in [0, 0.05) is 0 Å². The van der Waals surface area contributed by atoms with Crippen LogP contribution in [0.2, 0.25) is 0 Å². The number of carbonyl (C=O) groups is 1. The molecule has 0 unspecified atom stereocenters. The summed E-state index contributed by atoms with van der Waals surface area (Å²) in [5, 5.41) is 1.42. The Labute approximate surface area is 75.9 Å². The van der Waals surface area contributed by atoms with Crippen molar-refractivity contribution >= 4 is 24.0 Å². The van der Waals surface area contributed by atoms with Gasteiger partial charge in [0.05, 0.1) is 5.69 Å². The lowest BCUT2D eigenvalue weighted by molar-refractivity contribution is -0.107. The van der Waals surface area contributed by atoms with Gasteiger partial charge in [0.2, 0.25) is 6.41 Å². The highest BCUT2D eigenvalue weighted by atomic mass is 32.2. The fourth-order valence-corrected chi connectivity index (χ4v) is 1.17. The van der Waals surface area contributed by atoms with Crippen molar-refractivity contribution in [3.8, 4) is 0 Å². The molecule has 1 aromatic rings. The first-order valence-corrected chi connectivity index (χ1v) is 4.69. The van der Waals surface area contributed by atoms with Gasteiger partial charge in [-0.15, -0.1) is 0 Å². The maximum atomic E-state index is 10.5. The Morgan fingerprint density at radius 2 is 2.08 bits per heavy atom. The molecule has 0 aliphatic rings. The third kappa shape index (κ3) is 2.25. The fraction of sp³-hybridized carbons (Fsp3) is 0.125. The van der Waals surface area contributed by atoms with E-state index in [9.17, 15) is 4.79 Å². The monoisotopic (exact) mass is 182 g/mol. The lowest BCUT2D eigenvalue weighted by Crippen LogP contribution is -2.31. The van der Waals surface area contributed by atoms with Crippen molar-refractivity contribution in [1.82, 2.24) is 4.83 Å². The van der Waals surface area contributed by atoms with E-state index in [1.807, 2.05) is 36.6 Å². The molecule has 0 aromatic heterocycles. The van der Waals surface area contributed by atoms with E-state index >= 15 is 0 Å². The van der Waals surface area contributed by atoms with Crippen LogP contribution in [0.5, 0.6) is 0 Å². The Kier molecular flexibility index (Phi) is 3.63. The van der Waals surface area contributed by atoms with E-state index in [0.717, 1.165) is 12.1 Å². The van der Waals surface area contributed by atoms with Crippen LogP contribution in [-0.2, 0) is 4.79 Å². The number of hydrazine groups is 1. The zero-order valence-electron chi connectivity index (χ0n) is 6.73. The minimum absolute atomic E-state index is 0.742. The first-order chi connectivity index (χ1) is 5.88. The molecule has 0 heterocycles. The number of anilines is 1. The molecule has 1 rings (SSSR count). The molecule has 0 radical (unpaired) electrons. The van der Waals surface area contributed by atoms with E-state index in [0.29, 0.717) is 0 Å². The van der Waals surface area contributed by atoms with Crippen LogP contribution in [0.15, 0.2) is 30.3 Å². The van der Waals surface area contributed by atoms with Gasteiger partial charge in [-0.3, -0.25) is 4.79 Å². The highest BCUT2D eigenvalue weighted by molar-refractivity contribution is 7.96. The SMILES string of the molecule is CSNN(C=O)c1ccccc1. The first kappa shape index (κ1) is 9.09. The van der Waals surface area contributed by atoms with E-state index < -0.39 is 0 Å². The molecule has 12 heavy (non-hydrogen) atoms. The van der Waals surface area contributed by atoms with Crippen LogP contribution in [0, 0.1) is 0 Å². The standard InChI is InChI=1S/C8H10N2OS/c1-12-9-10(7-11)8-5-3-2-4-6-8/h2-7,9H,1H3. The quantitative estimate of drug-likeness (QED) is 0.434. The van der Waals surface area contributed by atoms with E-state index in [1.54, 1.807) is 0 Å². The second-order valence-corrected chi connectivity index (χ2v) is 2.70. The summed E-state index contributed by atoms with van der Waals surface area (Å²) in [6.07, 6.45) is 2.60. The molecule has 0 fully saturated rings. The number of carbonyl (C=O) groups excluding carboxylic acids is 1.